The molecular weight excluding hydrogens is 321 g/mol. The smallest absolute Gasteiger partial charge is 0.316 e. The van der Waals surface area contributed by atoms with E-state index in [1.807, 2.05) is 6.92 Å². The molecule has 0 fully saturated rings. The molecule has 2 aromatic rings. The van der Waals surface area contributed by atoms with Crippen LogP contribution in [0.25, 0.3) is 0 Å². The summed E-state index contributed by atoms with van der Waals surface area (Å²) in [7, 11) is 0. The molecule has 0 heterocycles. The van der Waals surface area contributed by atoms with Crippen molar-refractivity contribution in [3.05, 3.63) is 65.5 Å². The third kappa shape index (κ3) is 4.35. The van der Waals surface area contributed by atoms with Crippen LogP contribution in [0.4, 0.5) is 14.9 Å². The number of hydrogen-bond acceptors (Lipinski definition) is 2. The zero-order valence-corrected chi connectivity index (χ0v) is 14.5. The lowest BCUT2D eigenvalue weighted by atomic mass is 9.83. The van der Waals surface area contributed by atoms with Gasteiger partial charge in [0, 0.05) is 11.3 Å². The summed E-state index contributed by atoms with van der Waals surface area (Å²) in [5.74, 6) is -0.679. The monoisotopic (exact) mass is 343 g/mol. The number of benzene rings is 2. The molecule has 1 atom stereocenters. The summed E-state index contributed by atoms with van der Waals surface area (Å²) < 4.78 is 14.0. The van der Waals surface area contributed by atoms with Gasteiger partial charge in [-0.25, -0.2) is 9.18 Å². The van der Waals surface area contributed by atoms with E-state index in [0.29, 0.717) is 11.3 Å². The van der Waals surface area contributed by atoms with Crippen molar-refractivity contribution < 1.29 is 14.0 Å². The number of amides is 3. The third-order valence-electron chi connectivity index (χ3n) is 4.14. The highest BCUT2D eigenvalue weighted by Crippen LogP contribution is 2.27. The average Bonchev–Trinajstić information content (AvgIpc) is 2.55. The van der Waals surface area contributed by atoms with Crippen molar-refractivity contribution in [1.82, 2.24) is 5.32 Å². The maximum absolute atomic E-state index is 14.0. The van der Waals surface area contributed by atoms with Crippen LogP contribution in [0.3, 0.4) is 0 Å². The first-order chi connectivity index (χ1) is 11.7. The Morgan fingerprint density at radius 1 is 1.08 bits per heavy atom. The lowest BCUT2D eigenvalue weighted by Gasteiger charge is -2.27. The number of nitrogens with one attached hydrogen (secondary N) is 2. The molecule has 0 aliphatic heterocycles. The average molecular weight is 343 g/mol. The molecule has 0 radical (unpaired) electrons. The summed E-state index contributed by atoms with van der Waals surface area (Å²) in [4.78, 5) is 23.5. The zero-order valence-electron chi connectivity index (χ0n) is 14.5. The van der Waals surface area contributed by atoms with Gasteiger partial charge in [-0.2, -0.15) is 0 Å². The third-order valence-corrected chi connectivity index (χ3v) is 4.14. The first-order valence-electron chi connectivity index (χ1n) is 7.94. The van der Waals surface area contributed by atoms with Crippen LogP contribution in [0.2, 0.25) is 0 Å². The molecule has 3 amide bonds. The fraction of sp³-hybridized carbons (Fsp3) is 0.263. The van der Waals surface area contributed by atoms with Crippen molar-refractivity contribution in [1.29, 1.82) is 0 Å². The number of carbonyl (C=O) groups excluding carboxylic acids is 2. The van der Waals surface area contributed by atoms with E-state index >= 15 is 0 Å². The summed E-state index contributed by atoms with van der Waals surface area (Å²) in [5.41, 5.74) is 5.83. The normalized spacial score (nSPS) is 12.3. The van der Waals surface area contributed by atoms with Crippen LogP contribution < -0.4 is 16.4 Å². The van der Waals surface area contributed by atoms with Gasteiger partial charge in [0.15, 0.2) is 0 Å². The number of nitrogens with two attached hydrogens (primary N) is 1. The summed E-state index contributed by atoms with van der Waals surface area (Å²) >= 11 is 0. The Morgan fingerprint density at radius 2 is 1.68 bits per heavy atom. The van der Waals surface area contributed by atoms with Crippen molar-refractivity contribution in [3.8, 4) is 0 Å². The maximum Gasteiger partial charge on any atom is 0.316 e. The Kier molecular flexibility index (Phi) is 5.41. The zero-order chi connectivity index (χ0) is 18.6. The molecule has 0 saturated heterocycles. The highest BCUT2D eigenvalue weighted by Gasteiger charge is 2.33. The maximum atomic E-state index is 14.0. The molecule has 2 aromatic carbocycles. The van der Waals surface area contributed by atoms with Crippen molar-refractivity contribution in [3.63, 3.8) is 0 Å². The number of primary amides is 1. The molecule has 2 rings (SSSR count). The molecule has 0 unspecified atom stereocenters. The topological polar surface area (TPSA) is 84.2 Å². The highest BCUT2D eigenvalue weighted by molar-refractivity contribution is 5.88. The number of hydrogen-bond donors (Lipinski definition) is 3. The van der Waals surface area contributed by atoms with E-state index in [9.17, 15) is 14.0 Å². The molecule has 0 aromatic heterocycles. The molecule has 5 nitrogen and oxygen atoms in total. The Balaban J connectivity index is 2.11. The second-order valence-electron chi connectivity index (χ2n) is 6.41. The molecule has 25 heavy (non-hydrogen) atoms. The Bertz CT molecular complexity index is 772. The minimum atomic E-state index is -1.01. The van der Waals surface area contributed by atoms with Crippen LogP contribution in [-0.4, -0.2) is 11.9 Å². The van der Waals surface area contributed by atoms with Gasteiger partial charge in [-0.1, -0.05) is 30.3 Å². The molecule has 6 heteroatoms. The van der Waals surface area contributed by atoms with E-state index in [1.54, 1.807) is 56.3 Å². The van der Waals surface area contributed by atoms with E-state index in [-0.39, 0.29) is 11.9 Å². The first kappa shape index (κ1) is 18.4. The van der Waals surface area contributed by atoms with Gasteiger partial charge >= 0.3 is 6.03 Å². The molecule has 4 N–H and O–H groups in total. The Labute approximate surface area is 146 Å². The summed E-state index contributed by atoms with van der Waals surface area (Å²) in [6.07, 6.45) is 0. The van der Waals surface area contributed by atoms with Gasteiger partial charge in [0.1, 0.15) is 5.82 Å². The predicted molar refractivity (Wildman–Crippen MR) is 95.6 cm³/mol. The molecule has 0 aliphatic rings. The number of anilines is 1. The van der Waals surface area contributed by atoms with Gasteiger partial charge < -0.3 is 16.4 Å². The van der Waals surface area contributed by atoms with Gasteiger partial charge in [0.05, 0.1) is 11.5 Å². The largest absolute Gasteiger partial charge is 0.351 e. The van der Waals surface area contributed by atoms with E-state index in [2.05, 4.69) is 10.6 Å². The number of rotatable bonds is 5. The van der Waals surface area contributed by atoms with E-state index in [1.165, 1.54) is 6.07 Å². The summed E-state index contributed by atoms with van der Waals surface area (Å²) in [5, 5.41) is 5.38. The lowest BCUT2D eigenvalue weighted by Crippen LogP contribution is -2.41. The van der Waals surface area contributed by atoms with Crippen LogP contribution >= 0.6 is 0 Å². The van der Waals surface area contributed by atoms with Crippen LogP contribution in [0, 0.1) is 5.82 Å². The molecule has 0 spiro atoms. The molecule has 0 saturated carbocycles. The van der Waals surface area contributed by atoms with Crippen molar-refractivity contribution in [2.45, 2.75) is 32.2 Å². The fourth-order valence-corrected chi connectivity index (χ4v) is 2.55. The van der Waals surface area contributed by atoms with Gasteiger partial charge in [0.25, 0.3) is 0 Å². The fourth-order valence-electron chi connectivity index (χ4n) is 2.55. The van der Waals surface area contributed by atoms with Crippen LogP contribution in [0.5, 0.6) is 0 Å². The van der Waals surface area contributed by atoms with Gasteiger partial charge in [-0.05, 0) is 44.5 Å². The van der Waals surface area contributed by atoms with E-state index < -0.39 is 17.3 Å². The number of urea groups is 1. The quantitative estimate of drug-likeness (QED) is 0.776. The number of carbonyl (C=O) groups is 2. The molecule has 132 valence electrons. The Morgan fingerprint density at radius 3 is 2.24 bits per heavy atom. The van der Waals surface area contributed by atoms with Crippen LogP contribution in [0.1, 0.15) is 37.9 Å². The van der Waals surface area contributed by atoms with Crippen molar-refractivity contribution >= 4 is 17.6 Å². The minimum absolute atomic E-state index is 0.274. The highest BCUT2D eigenvalue weighted by atomic mass is 19.1. The van der Waals surface area contributed by atoms with Gasteiger partial charge in [-0.15, -0.1) is 0 Å². The van der Waals surface area contributed by atoms with Crippen molar-refractivity contribution in [2.75, 3.05) is 5.32 Å². The van der Waals surface area contributed by atoms with Gasteiger partial charge in [-0.3, -0.25) is 4.79 Å². The first-order valence-corrected chi connectivity index (χ1v) is 7.94. The standard InChI is InChI=1S/C19H22FN3O2/c1-12(13-8-10-14(11-9-13)23-18(21)25)22-17(24)19(2,3)15-6-4-5-7-16(15)20/h4-12H,1-3H3,(H,22,24)(H3,21,23,25)/t12-/m0/s1. The SMILES string of the molecule is C[C@H](NC(=O)C(C)(C)c1ccccc1F)c1ccc(NC(N)=O)cc1. The van der Waals surface area contributed by atoms with E-state index in [4.69, 9.17) is 5.73 Å². The predicted octanol–water partition coefficient (Wildman–Crippen LogP) is 3.47. The Hall–Kier alpha value is -2.89. The van der Waals surface area contributed by atoms with Crippen molar-refractivity contribution in [2.24, 2.45) is 5.73 Å². The second-order valence-corrected chi connectivity index (χ2v) is 6.41. The summed E-state index contributed by atoms with van der Waals surface area (Å²) in [6, 6.07) is 12.3. The van der Waals surface area contributed by atoms with E-state index in [0.717, 1.165) is 5.56 Å². The lowest BCUT2D eigenvalue weighted by molar-refractivity contribution is -0.126. The van der Waals surface area contributed by atoms with Gasteiger partial charge in [0.2, 0.25) is 5.91 Å². The molecule has 0 bridgehead atoms. The number of halogens is 1. The molecule has 0 aliphatic carbocycles. The second kappa shape index (κ2) is 7.34. The van der Waals surface area contributed by atoms with Crippen LogP contribution in [-0.2, 0) is 10.2 Å². The minimum Gasteiger partial charge on any atom is -0.351 e. The molecular formula is C19H22FN3O2. The summed E-state index contributed by atoms with van der Waals surface area (Å²) in [6.45, 7) is 5.21. The van der Waals surface area contributed by atoms with Crippen LogP contribution in [0.15, 0.2) is 48.5 Å².